The van der Waals surface area contributed by atoms with Crippen LogP contribution in [0, 0.1) is 5.92 Å². The summed E-state index contributed by atoms with van der Waals surface area (Å²) in [5, 5.41) is 11.8. The van der Waals surface area contributed by atoms with Crippen molar-refractivity contribution in [2.45, 2.75) is 57.5 Å². The zero-order chi connectivity index (χ0) is 13.1. The predicted octanol–water partition coefficient (Wildman–Crippen LogP) is 0.873. The summed E-state index contributed by atoms with van der Waals surface area (Å²) >= 11 is 0. The number of hydrogen-bond donors (Lipinski definition) is 3. The van der Waals surface area contributed by atoms with Gasteiger partial charge in [-0.2, -0.15) is 0 Å². The molecule has 0 aromatic carbocycles. The van der Waals surface area contributed by atoms with Crippen LogP contribution in [0.15, 0.2) is 0 Å². The van der Waals surface area contributed by atoms with Gasteiger partial charge in [0.1, 0.15) is 0 Å². The molecule has 1 fully saturated rings. The van der Waals surface area contributed by atoms with Crippen LogP contribution in [0.4, 0.5) is 0 Å². The Kier molecular flexibility index (Phi) is 4.51. The molecule has 0 spiro atoms. The molecule has 98 valence electrons. The van der Waals surface area contributed by atoms with Crippen LogP contribution in [-0.4, -0.2) is 28.6 Å². The molecule has 0 saturated heterocycles. The summed E-state index contributed by atoms with van der Waals surface area (Å²) in [4.78, 5) is 23.0. The van der Waals surface area contributed by atoms with Crippen molar-refractivity contribution in [2.24, 2.45) is 11.7 Å². The van der Waals surface area contributed by atoms with E-state index >= 15 is 0 Å². The average Bonchev–Trinajstić information content (AvgIpc) is 2.76. The molecule has 1 aliphatic carbocycles. The quantitative estimate of drug-likeness (QED) is 0.667. The van der Waals surface area contributed by atoms with Crippen molar-refractivity contribution in [3.05, 3.63) is 0 Å². The maximum atomic E-state index is 12.0. The first kappa shape index (κ1) is 14.0. The third-order valence-corrected chi connectivity index (χ3v) is 3.86. The fraction of sp³-hybridized carbons (Fsp3) is 0.833. The lowest BCUT2D eigenvalue weighted by atomic mass is 9.92. The lowest BCUT2D eigenvalue weighted by Crippen LogP contribution is -2.56. The molecule has 0 aromatic heterocycles. The molecule has 0 heterocycles. The molecule has 5 heteroatoms. The fourth-order valence-corrected chi connectivity index (χ4v) is 2.31. The summed E-state index contributed by atoms with van der Waals surface area (Å²) in [5.74, 6) is -1.51. The van der Waals surface area contributed by atoms with E-state index in [2.05, 4.69) is 5.32 Å². The van der Waals surface area contributed by atoms with Crippen LogP contribution in [0.25, 0.3) is 0 Å². The van der Waals surface area contributed by atoms with Gasteiger partial charge in [0.25, 0.3) is 0 Å². The van der Waals surface area contributed by atoms with Gasteiger partial charge >= 0.3 is 5.97 Å². The highest BCUT2D eigenvalue weighted by atomic mass is 16.4. The van der Waals surface area contributed by atoms with E-state index < -0.39 is 17.4 Å². The number of aliphatic carboxylic acids is 1. The van der Waals surface area contributed by atoms with E-state index in [0.29, 0.717) is 19.3 Å². The summed E-state index contributed by atoms with van der Waals surface area (Å²) < 4.78 is 0. The Hall–Kier alpha value is -1.10. The van der Waals surface area contributed by atoms with Crippen molar-refractivity contribution in [1.82, 2.24) is 5.32 Å². The number of amides is 1. The second-order valence-electron chi connectivity index (χ2n) is 4.82. The Morgan fingerprint density at radius 1 is 1.35 bits per heavy atom. The van der Waals surface area contributed by atoms with Crippen LogP contribution >= 0.6 is 0 Å². The second-order valence-corrected chi connectivity index (χ2v) is 4.82. The van der Waals surface area contributed by atoms with Crippen molar-refractivity contribution < 1.29 is 14.7 Å². The summed E-state index contributed by atoms with van der Waals surface area (Å²) in [6.07, 6.45) is 3.32. The van der Waals surface area contributed by atoms with E-state index in [0.717, 1.165) is 12.8 Å². The molecule has 1 rings (SSSR count). The molecule has 1 aliphatic rings. The predicted molar refractivity (Wildman–Crippen MR) is 64.4 cm³/mol. The molecule has 0 aromatic rings. The Balaban J connectivity index is 2.65. The van der Waals surface area contributed by atoms with Crippen molar-refractivity contribution >= 4 is 11.9 Å². The smallest absolute Gasteiger partial charge is 0.308 e. The molecule has 2 unspecified atom stereocenters. The van der Waals surface area contributed by atoms with E-state index in [1.54, 1.807) is 0 Å². The normalized spacial score (nSPS) is 24.6. The van der Waals surface area contributed by atoms with Crippen LogP contribution in [0.1, 0.15) is 46.0 Å². The van der Waals surface area contributed by atoms with Crippen LogP contribution in [0.2, 0.25) is 0 Å². The minimum Gasteiger partial charge on any atom is -0.481 e. The molecule has 5 nitrogen and oxygen atoms in total. The van der Waals surface area contributed by atoms with Gasteiger partial charge in [-0.1, -0.05) is 20.3 Å². The average molecular weight is 242 g/mol. The number of carbonyl (C=O) groups excluding carboxylic acids is 1. The molecular formula is C12H22N2O3. The number of carboxylic acid groups (broad SMARTS) is 1. The molecule has 2 atom stereocenters. The second kappa shape index (κ2) is 5.49. The van der Waals surface area contributed by atoms with Crippen LogP contribution in [-0.2, 0) is 9.59 Å². The monoisotopic (exact) mass is 242 g/mol. The fourth-order valence-electron chi connectivity index (χ4n) is 2.31. The minimum atomic E-state index is -0.869. The summed E-state index contributed by atoms with van der Waals surface area (Å²) in [6, 6.07) is -0.263. The van der Waals surface area contributed by atoms with Gasteiger partial charge in [-0.15, -0.1) is 0 Å². The Morgan fingerprint density at radius 2 is 1.94 bits per heavy atom. The zero-order valence-corrected chi connectivity index (χ0v) is 10.5. The number of hydrogen-bond acceptors (Lipinski definition) is 3. The third kappa shape index (κ3) is 2.97. The van der Waals surface area contributed by atoms with Gasteiger partial charge < -0.3 is 16.2 Å². The van der Waals surface area contributed by atoms with Gasteiger partial charge in [0.2, 0.25) is 5.91 Å². The van der Waals surface area contributed by atoms with Crippen molar-refractivity contribution in [2.75, 3.05) is 0 Å². The van der Waals surface area contributed by atoms with E-state index in [4.69, 9.17) is 10.8 Å². The van der Waals surface area contributed by atoms with E-state index in [1.165, 1.54) is 0 Å². The number of nitrogens with one attached hydrogen (secondary N) is 1. The van der Waals surface area contributed by atoms with Crippen LogP contribution < -0.4 is 11.1 Å². The minimum absolute atomic E-state index is 0.222. The van der Waals surface area contributed by atoms with Gasteiger partial charge in [-0.3, -0.25) is 9.59 Å². The van der Waals surface area contributed by atoms with Gasteiger partial charge in [0, 0.05) is 6.04 Å². The molecule has 0 aliphatic heterocycles. The first-order valence-electron chi connectivity index (χ1n) is 6.27. The molecule has 4 N–H and O–H groups in total. The highest BCUT2D eigenvalue weighted by molar-refractivity contribution is 5.86. The number of rotatable bonds is 5. The van der Waals surface area contributed by atoms with Gasteiger partial charge in [0.15, 0.2) is 0 Å². The zero-order valence-electron chi connectivity index (χ0n) is 10.5. The van der Waals surface area contributed by atoms with Crippen molar-refractivity contribution in [1.29, 1.82) is 0 Å². The summed E-state index contributed by atoms with van der Waals surface area (Å²) in [7, 11) is 0. The topological polar surface area (TPSA) is 92.4 Å². The van der Waals surface area contributed by atoms with Crippen molar-refractivity contribution in [3.63, 3.8) is 0 Å². The van der Waals surface area contributed by atoms with Crippen LogP contribution in [0.3, 0.4) is 0 Å². The molecule has 1 amide bonds. The number of carbonyl (C=O) groups is 2. The Labute approximate surface area is 102 Å². The molecule has 0 bridgehead atoms. The molecular weight excluding hydrogens is 220 g/mol. The maximum absolute atomic E-state index is 12.0. The van der Waals surface area contributed by atoms with E-state index in [-0.39, 0.29) is 11.9 Å². The standard InChI is InChI=1S/C12H22N2O3/c1-3-12(13,4-2)11(17)14-9-7-5-6-8(9)10(15)16/h8-9H,3-7,13H2,1-2H3,(H,14,17)(H,15,16). The third-order valence-electron chi connectivity index (χ3n) is 3.86. The lowest BCUT2D eigenvalue weighted by Gasteiger charge is -2.28. The summed E-state index contributed by atoms with van der Waals surface area (Å²) in [5.41, 5.74) is 5.11. The Bertz CT molecular complexity index is 300. The molecule has 17 heavy (non-hydrogen) atoms. The van der Waals surface area contributed by atoms with Crippen LogP contribution in [0.5, 0.6) is 0 Å². The van der Waals surface area contributed by atoms with E-state index in [9.17, 15) is 9.59 Å². The highest BCUT2D eigenvalue weighted by Gasteiger charge is 2.37. The summed E-state index contributed by atoms with van der Waals surface area (Å²) in [6.45, 7) is 3.73. The van der Waals surface area contributed by atoms with Gasteiger partial charge in [-0.25, -0.2) is 0 Å². The van der Waals surface area contributed by atoms with E-state index in [1.807, 2.05) is 13.8 Å². The van der Waals surface area contributed by atoms with Gasteiger partial charge in [0.05, 0.1) is 11.5 Å². The Morgan fingerprint density at radius 3 is 2.41 bits per heavy atom. The SMILES string of the molecule is CCC(N)(CC)C(=O)NC1CCCC1C(=O)O. The first-order chi connectivity index (χ1) is 7.94. The highest BCUT2D eigenvalue weighted by Crippen LogP contribution is 2.26. The maximum Gasteiger partial charge on any atom is 0.308 e. The molecule has 1 saturated carbocycles. The first-order valence-corrected chi connectivity index (χ1v) is 6.27. The largest absolute Gasteiger partial charge is 0.481 e. The molecule has 0 radical (unpaired) electrons. The number of carboxylic acids is 1. The lowest BCUT2D eigenvalue weighted by molar-refractivity contribution is -0.142. The van der Waals surface area contributed by atoms with Gasteiger partial charge in [-0.05, 0) is 25.7 Å². The number of nitrogens with two attached hydrogens (primary N) is 1. The van der Waals surface area contributed by atoms with Crippen molar-refractivity contribution in [3.8, 4) is 0 Å².